The largest absolute Gasteiger partial charge is 0.281 e. The van der Waals surface area contributed by atoms with E-state index < -0.39 is 0 Å². The van der Waals surface area contributed by atoms with Crippen LogP contribution in [-0.4, -0.2) is 6.21 Å². The molecule has 3 heteroatoms. The summed E-state index contributed by atoms with van der Waals surface area (Å²) in [7, 11) is 0. The smallest absolute Gasteiger partial charge is 0.188 e. The van der Waals surface area contributed by atoms with E-state index in [-0.39, 0.29) is 0 Å². The summed E-state index contributed by atoms with van der Waals surface area (Å²) >= 11 is 5.42. The first kappa shape index (κ1) is 4.65. The van der Waals surface area contributed by atoms with E-state index in [1.54, 1.807) is 18.4 Å². The lowest BCUT2D eigenvalue weighted by Crippen LogP contribution is -2.08. The maximum atomic E-state index is 5.42. The number of nitrogens with zero attached hydrogens (tertiary/aromatic N) is 1. The van der Waals surface area contributed by atoms with Gasteiger partial charge in [-0.2, -0.15) is 5.10 Å². The van der Waals surface area contributed by atoms with Crippen molar-refractivity contribution in [2.45, 2.75) is 0 Å². The van der Waals surface area contributed by atoms with Gasteiger partial charge in [0.1, 0.15) is 0 Å². The molecule has 7 heavy (non-hydrogen) atoms. The summed E-state index contributed by atoms with van der Waals surface area (Å²) in [6.07, 6.45) is 5.12. The van der Waals surface area contributed by atoms with Gasteiger partial charge in [-0.1, -0.05) is 11.6 Å². The number of rotatable bonds is 0. The zero-order chi connectivity index (χ0) is 5.11. The van der Waals surface area contributed by atoms with Gasteiger partial charge in [-0.05, 0) is 12.2 Å². The van der Waals surface area contributed by atoms with Crippen LogP contribution in [0.4, 0.5) is 0 Å². The lowest BCUT2D eigenvalue weighted by molar-refractivity contribution is 0.879. The Morgan fingerprint density at radius 1 is 1.71 bits per heavy atom. The number of nitrogens with one attached hydrogen (secondary N) is 1. The lowest BCUT2D eigenvalue weighted by Gasteiger charge is -2.01. The van der Waals surface area contributed by atoms with Crippen molar-refractivity contribution < 1.29 is 0 Å². The molecule has 1 rings (SSSR count). The highest BCUT2D eigenvalue weighted by molar-refractivity contribution is 6.28. The van der Waals surface area contributed by atoms with Crippen LogP contribution in [0.3, 0.4) is 0 Å². The van der Waals surface area contributed by atoms with Crippen LogP contribution < -0.4 is 5.43 Å². The van der Waals surface area contributed by atoms with Gasteiger partial charge < -0.3 is 0 Å². The highest BCUT2D eigenvalue weighted by Gasteiger charge is 1.96. The topological polar surface area (TPSA) is 24.4 Å². The Morgan fingerprint density at radius 2 is 2.57 bits per heavy atom. The number of hydrogen-bond donors (Lipinski definition) is 1. The van der Waals surface area contributed by atoms with Crippen molar-refractivity contribution in [1.29, 1.82) is 0 Å². The monoisotopic (exact) mass is 115 g/mol. The van der Waals surface area contributed by atoms with Gasteiger partial charge in [0.05, 0.1) is 0 Å². The van der Waals surface area contributed by atoms with Gasteiger partial charge in [0.2, 0.25) is 0 Å². The van der Waals surface area contributed by atoms with Gasteiger partial charge in [-0.3, -0.25) is 5.43 Å². The molecule has 0 aromatic heterocycles. The van der Waals surface area contributed by atoms with Crippen molar-refractivity contribution >= 4 is 17.8 Å². The molecular formula is C4H4ClN2. The van der Waals surface area contributed by atoms with Crippen LogP contribution in [0.15, 0.2) is 17.3 Å². The minimum atomic E-state index is 0.558. The fourth-order valence-corrected chi connectivity index (χ4v) is 0.428. The van der Waals surface area contributed by atoms with Crippen LogP contribution in [0.2, 0.25) is 0 Å². The number of hydrazone groups is 1. The summed E-state index contributed by atoms with van der Waals surface area (Å²) in [4.78, 5) is 0. The Morgan fingerprint density at radius 3 is 2.86 bits per heavy atom. The summed E-state index contributed by atoms with van der Waals surface area (Å²) in [5.41, 5.74) is 3.10. The van der Waals surface area contributed by atoms with Crippen molar-refractivity contribution in [3.8, 4) is 0 Å². The average Bonchev–Trinajstić information content (AvgIpc) is 1.69. The summed E-state index contributed by atoms with van der Waals surface area (Å²) in [6.45, 7) is 0. The van der Waals surface area contributed by atoms with E-state index in [4.69, 9.17) is 11.6 Å². The van der Waals surface area contributed by atoms with Crippen molar-refractivity contribution in [3.63, 3.8) is 0 Å². The predicted octanol–water partition coefficient (Wildman–Crippen LogP) is 0.860. The highest BCUT2D eigenvalue weighted by Crippen LogP contribution is 2.03. The summed E-state index contributed by atoms with van der Waals surface area (Å²) in [6, 6.07) is 0. The zero-order valence-electron chi connectivity index (χ0n) is 3.56. The first-order chi connectivity index (χ1) is 3.39. The van der Waals surface area contributed by atoms with Gasteiger partial charge in [-0.15, -0.1) is 0 Å². The molecule has 1 radical (unpaired) electrons. The molecule has 0 amide bonds. The molecule has 0 aromatic carbocycles. The predicted molar refractivity (Wildman–Crippen MR) is 29.9 cm³/mol. The molecule has 0 spiro atoms. The Hall–Kier alpha value is -0.500. The molecule has 0 unspecified atom stereocenters. The van der Waals surface area contributed by atoms with Gasteiger partial charge >= 0.3 is 0 Å². The van der Waals surface area contributed by atoms with E-state index in [9.17, 15) is 0 Å². The average molecular weight is 116 g/mol. The second-order valence-corrected chi connectivity index (χ2v) is 1.50. The van der Waals surface area contributed by atoms with E-state index >= 15 is 0 Å². The molecule has 0 fully saturated rings. The minimum Gasteiger partial charge on any atom is -0.281 e. The van der Waals surface area contributed by atoms with Crippen LogP contribution in [0.1, 0.15) is 0 Å². The summed E-state index contributed by atoms with van der Waals surface area (Å²) < 4.78 is 0. The van der Waals surface area contributed by atoms with Crippen LogP contribution in [0.25, 0.3) is 0 Å². The van der Waals surface area contributed by atoms with E-state index in [1.807, 2.05) is 0 Å². The molecule has 1 heterocycles. The van der Waals surface area contributed by atoms with Crippen molar-refractivity contribution in [3.05, 3.63) is 17.7 Å². The maximum absolute atomic E-state index is 5.42. The molecule has 0 saturated heterocycles. The molecule has 1 aliphatic rings. The van der Waals surface area contributed by atoms with Crippen molar-refractivity contribution in [2.75, 3.05) is 0 Å². The number of halogens is 1. The van der Waals surface area contributed by atoms with E-state index in [0.29, 0.717) is 5.50 Å². The van der Waals surface area contributed by atoms with Crippen LogP contribution >= 0.6 is 11.6 Å². The van der Waals surface area contributed by atoms with Gasteiger partial charge in [-0.25, -0.2) is 0 Å². The minimum absolute atomic E-state index is 0.558. The normalized spacial score (nSPS) is 19.6. The lowest BCUT2D eigenvalue weighted by atomic mass is 10.5. The molecule has 0 aliphatic carbocycles. The molecule has 1 aliphatic heterocycles. The third kappa shape index (κ3) is 1.20. The van der Waals surface area contributed by atoms with Crippen molar-refractivity contribution in [2.24, 2.45) is 5.10 Å². The van der Waals surface area contributed by atoms with Crippen LogP contribution in [-0.2, 0) is 0 Å². The molecule has 2 nitrogen and oxygen atoms in total. The third-order valence-corrected chi connectivity index (χ3v) is 0.785. The van der Waals surface area contributed by atoms with Crippen molar-refractivity contribution in [1.82, 2.24) is 5.43 Å². The quantitative estimate of drug-likeness (QED) is 0.466. The van der Waals surface area contributed by atoms with Crippen LogP contribution in [0.5, 0.6) is 0 Å². The Bertz CT molecular complexity index is 108. The summed E-state index contributed by atoms with van der Waals surface area (Å²) in [5, 5.41) is 3.63. The molecule has 0 saturated carbocycles. The molecule has 0 atom stereocenters. The standard InChI is InChI=1S/C4H4ClN2/c5-4-2-1-3-6-7-4/h1-3,7H. The molecule has 0 aromatic rings. The SMILES string of the molecule is Cl[C]1C=CC=NN1. The molecule has 0 bridgehead atoms. The first-order valence-corrected chi connectivity index (χ1v) is 2.25. The fourth-order valence-electron chi connectivity index (χ4n) is 0.307. The van der Waals surface area contributed by atoms with Crippen LogP contribution in [0, 0.1) is 5.50 Å². The zero-order valence-corrected chi connectivity index (χ0v) is 4.31. The Kier molecular flexibility index (Phi) is 1.32. The highest BCUT2D eigenvalue weighted by atomic mass is 35.5. The number of hydrogen-bond acceptors (Lipinski definition) is 2. The second kappa shape index (κ2) is 1.98. The molecule has 37 valence electrons. The van der Waals surface area contributed by atoms with Gasteiger partial charge in [0.25, 0.3) is 0 Å². The first-order valence-electron chi connectivity index (χ1n) is 1.88. The van der Waals surface area contributed by atoms with E-state index in [1.165, 1.54) is 0 Å². The Balaban J connectivity index is 2.49. The van der Waals surface area contributed by atoms with Gasteiger partial charge in [0, 0.05) is 6.21 Å². The van der Waals surface area contributed by atoms with Gasteiger partial charge in [0.15, 0.2) is 5.50 Å². The maximum Gasteiger partial charge on any atom is 0.188 e. The molecule has 1 N–H and O–H groups in total. The third-order valence-electron chi connectivity index (χ3n) is 0.575. The fraction of sp³-hybridized carbons (Fsp3) is 0. The Labute approximate surface area is 46.9 Å². The molecular weight excluding hydrogens is 112 g/mol. The summed E-state index contributed by atoms with van der Waals surface area (Å²) in [5.74, 6) is 0. The van der Waals surface area contributed by atoms with E-state index in [2.05, 4.69) is 10.5 Å². The van der Waals surface area contributed by atoms with E-state index in [0.717, 1.165) is 0 Å². The second-order valence-electron chi connectivity index (χ2n) is 1.10. The number of allylic oxidation sites excluding steroid dienone is 1.